The third kappa shape index (κ3) is 4.21. The maximum Gasteiger partial charge on any atom is 0.259 e. The Morgan fingerprint density at radius 3 is 2.77 bits per heavy atom. The summed E-state index contributed by atoms with van der Waals surface area (Å²) in [5.41, 5.74) is 8.52. The van der Waals surface area contributed by atoms with Crippen molar-refractivity contribution < 1.29 is 14.3 Å². The zero-order chi connectivity index (χ0) is 20.9. The Labute approximate surface area is 175 Å². The van der Waals surface area contributed by atoms with E-state index < -0.39 is 0 Å². The molecular weight excluding hydrogens is 380 g/mol. The van der Waals surface area contributed by atoms with Gasteiger partial charge in [-0.2, -0.15) is 0 Å². The third-order valence-electron chi connectivity index (χ3n) is 4.76. The molecule has 0 spiro atoms. The second-order valence-corrected chi connectivity index (χ2v) is 6.96. The van der Waals surface area contributed by atoms with Crippen LogP contribution in [0.5, 0.6) is 11.5 Å². The molecule has 0 radical (unpaired) electrons. The number of nitrogens with one attached hydrogen (secondary N) is 1. The highest BCUT2D eigenvalue weighted by atomic mass is 16.5. The van der Waals surface area contributed by atoms with E-state index in [0.29, 0.717) is 49.1 Å². The first-order valence-electron chi connectivity index (χ1n) is 9.86. The lowest BCUT2D eigenvalue weighted by Crippen LogP contribution is -2.30. The number of carbonyl (C=O) groups is 1. The minimum Gasteiger partial charge on any atom is -0.492 e. The Kier molecular flexibility index (Phi) is 5.81. The summed E-state index contributed by atoms with van der Waals surface area (Å²) >= 11 is 0. The van der Waals surface area contributed by atoms with Crippen molar-refractivity contribution in [1.82, 2.24) is 4.98 Å². The fourth-order valence-electron chi connectivity index (χ4n) is 3.29. The van der Waals surface area contributed by atoms with Gasteiger partial charge >= 0.3 is 0 Å². The molecule has 0 unspecified atom stereocenters. The van der Waals surface area contributed by atoms with Gasteiger partial charge in [0, 0.05) is 18.4 Å². The molecule has 0 aliphatic carbocycles. The molecule has 1 aliphatic rings. The molecule has 1 aromatic heterocycles. The molecule has 3 aromatic rings. The maximum absolute atomic E-state index is 13.0. The number of nitrogens with two attached hydrogens (primary N) is 1. The molecule has 3 N–H and O–H groups in total. The zero-order valence-electron chi connectivity index (χ0n) is 16.8. The molecule has 7 nitrogen and oxygen atoms in total. The fraction of sp³-hybridized carbons (Fsp3) is 0.217. The number of fused-ring (bicyclic) bond motifs is 1. The summed E-state index contributed by atoms with van der Waals surface area (Å²) in [6, 6.07) is 16.7. The first-order chi connectivity index (χ1) is 14.7. The average molecular weight is 404 g/mol. The number of amides is 1. The van der Waals surface area contributed by atoms with Gasteiger partial charge in [0.25, 0.3) is 5.91 Å². The lowest BCUT2D eigenvalue weighted by Gasteiger charge is -2.31. The van der Waals surface area contributed by atoms with Gasteiger partial charge in [0.2, 0.25) is 0 Å². The molecular formula is C23H24N4O3. The van der Waals surface area contributed by atoms with Crippen LogP contribution in [-0.2, 0) is 0 Å². The van der Waals surface area contributed by atoms with Gasteiger partial charge in [-0.05, 0) is 55.0 Å². The average Bonchev–Trinajstić information content (AvgIpc) is 2.78. The van der Waals surface area contributed by atoms with Crippen LogP contribution in [0.4, 0.5) is 17.2 Å². The minimum absolute atomic E-state index is 0.235. The van der Waals surface area contributed by atoms with Crippen LogP contribution >= 0.6 is 0 Å². The van der Waals surface area contributed by atoms with E-state index in [4.69, 9.17) is 15.2 Å². The number of carbonyl (C=O) groups excluding carboxylic acids is 1. The summed E-state index contributed by atoms with van der Waals surface area (Å²) in [7, 11) is 0. The van der Waals surface area contributed by atoms with Crippen LogP contribution in [0.25, 0.3) is 0 Å². The molecule has 1 amide bonds. The van der Waals surface area contributed by atoms with E-state index in [1.54, 1.807) is 30.3 Å². The highest BCUT2D eigenvalue weighted by Gasteiger charge is 2.25. The van der Waals surface area contributed by atoms with Crippen molar-refractivity contribution in [2.45, 2.75) is 6.92 Å². The molecule has 2 heterocycles. The Morgan fingerprint density at radius 1 is 1.20 bits per heavy atom. The van der Waals surface area contributed by atoms with Gasteiger partial charge in [0.15, 0.2) is 5.75 Å². The topological polar surface area (TPSA) is 89.7 Å². The number of nitrogens with zero attached hydrogens (tertiary/aromatic N) is 2. The van der Waals surface area contributed by atoms with Crippen molar-refractivity contribution in [2.24, 2.45) is 5.73 Å². The zero-order valence-corrected chi connectivity index (χ0v) is 16.8. The summed E-state index contributed by atoms with van der Waals surface area (Å²) in [5.74, 6) is 1.86. The molecule has 0 bridgehead atoms. The van der Waals surface area contributed by atoms with Crippen LogP contribution < -0.4 is 25.4 Å². The van der Waals surface area contributed by atoms with E-state index in [9.17, 15) is 4.79 Å². The second-order valence-electron chi connectivity index (χ2n) is 6.96. The Bertz CT molecular complexity index is 1020. The third-order valence-corrected chi connectivity index (χ3v) is 4.76. The van der Waals surface area contributed by atoms with Crippen LogP contribution in [0.2, 0.25) is 0 Å². The molecule has 0 atom stereocenters. The molecule has 2 aromatic carbocycles. The second kappa shape index (κ2) is 8.84. The van der Waals surface area contributed by atoms with Crippen molar-refractivity contribution in [1.29, 1.82) is 0 Å². The van der Waals surface area contributed by atoms with E-state index in [1.165, 1.54) is 0 Å². The number of benzene rings is 2. The lowest BCUT2D eigenvalue weighted by atomic mass is 10.1. The van der Waals surface area contributed by atoms with Gasteiger partial charge in [0.1, 0.15) is 24.8 Å². The summed E-state index contributed by atoms with van der Waals surface area (Å²) in [6.45, 7) is 4.04. The monoisotopic (exact) mass is 404 g/mol. The van der Waals surface area contributed by atoms with Crippen molar-refractivity contribution in [2.75, 3.05) is 36.5 Å². The number of pyridine rings is 1. The van der Waals surface area contributed by atoms with Gasteiger partial charge < -0.3 is 25.4 Å². The molecule has 4 rings (SSSR count). The van der Waals surface area contributed by atoms with Crippen LogP contribution in [0.15, 0.2) is 60.8 Å². The van der Waals surface area contributed by atoms with Crippen LogP contribution in [-0.4, -0.2) is 37.2 Å². The number of para-hydroxylation sites is 1. The van der Waals surface area contributed by atoms with Crippen molar-refractivity contribution in [3.8, 4) is 11.5 Å². The minimum atomic E-state index is -0.235. The fourth-order valence-corrected chi connectivity index (χ4v) is 3.29. The van der Waals surface area contributed by atoms with Crippen LogP contribution in [0.1, 0.15) is 15.9 Å². The standard InChI is InChI=1S/C23H24N4O3/c1-16-5-10-21(25-15-16)27-12-14-30-22-19(3-2-4-20(22)27)23(28)26-17-6-8-18(9-7-17)29-13-11-24/h2-10,15H,11-14,24H2,1H3,(H,26,28). The predicted molar refractivity (Wildman–Crippen MR) is 117 cm³/mol. The number of rotatable bonds is 6. The number of hydrogen-bond acceptors (Lipinski definition) is 6. The number of ether oxygens (including phenoxy) is 2. The number of aromatic nitrogens is 1. The maximum atomic E-state index is 13.0. The van der Waals surface area contributed by atoms with Crippen molar-refractivity contribution in [3.05, 3.63) is 71.9 Å². The van der Waals surface area contributed by atoms with Crippen molar-refractivity contribution in [3.63, 3.8) is 0 Å². The Morgan fingerprint density at radius 2 is 2.03 bits per heavy atom. The van der Waals surface area contributed by atoms with E-state index in [0.717, 1.165) is 17.1 Å². The number of aryl methyl sites for hydroxylation is 1. The lowest BCUT2D eigenvalue weighted by molar-refractivity contribution is 0.102. The van der Waals surface area contributed by atoms with Gasteiger partial charge in [-0.25, -0.2) is 4.98 Å². The summed E-state index contributed by atoms with van der Waals surface area (Å²) in [6.07, 6.45) is 1.84. The quantitative estimate of drug-likeness (QED) is 0.654. The van der Waals surface area contributed by atoms with Crippen LogP contribution in [0.3, 0.4) is 0 Å². The van der Waals surface area contributed by atoms with E-state index in [1.807, 2.05) is 37.4 Å². The largest absolute Gasteiger partial charge is 0.492 e. The Balaban J connectivity index is 1.56. The van der Waals surface area contributed by atoms with Crippen molar-refractivity contribution >= 4 is 23.1 Å². The molecule has 154 valence electrons. The summed E-state index contributed by atoms with van der Waals surface area (Å²) in [5, 5.41) is 2.92. The van der Waals surface area contributed by atoms with E-state index in [2.05, 4.69) is 15.2 Å². The SMILES string of the molecule is Cc1ccc(N2CCOc3c(C(=O)Nc4ccc(OCCN)cc4)cccc32)nc1. The Hall–Kier alpha value is -3.58. The summed E-state index contributed by atoms with van der Waals surface area (Å²) < 4.78 is 11.4. The van der Waals surface area contributed by atoms with Gasteiger partial charge in [-0.15, -0.1) is 0 Å². The molecule has 30 heavy (non-hydrogen) atoms. The highest BCUT2D eigenvalue weighted by molar-refractivity contribution is 6.07. The highest BCUT2D eigenvalue weighted by Crippen LogP contribution is 2.38. The molecule has 1 aliphatic heterocycles. The van der Waals surface area contributed by atoms with Crippen LogP contribution in [0, 0.1) is 6.92 Å². The molecule has 0 fully saturated rings. The smallest absolute Gasteiger partial charge is 0.259 e. The van der Waals surface area contributed by atoms with Gasteiger partial charge in [0.05, 0.1) is 17.8 Å². The first-order valence-corrected chi connectivity index (χ1v) is 9.86. The predicted octanol–water partition coefficient (Wildman–Crippen LogP) is 3.51. The first kappa shape index (κ1) is 19.7. The normalized spacial score (nSPS) is 12.7. The van der Waals surface area contributed by atoms with Gasteiger partial charge in [-0.3, -0.25) is 4.79 Å². The van der Waals surface area contributed by atoms with E-state index in [-0.39, 0.29) is 5.91 Å². The summed E-state index contributed by atoms with van der Waals surface area (Å²) in [4.78, 5) is 19.5. The molecule has 0 saturated carbocycles. The van der Waals surface area contributed by atoms with E-state index >= 15 is 0 Å². The van der Waals surface area contributed by atoms with Gasteiger partial charge in [-0.1, -0.05) is 12.1 Å². The number of anilines is 3. The molecule has 0 saturated heterocycles. The number of hydrogen-bond donors (Lipinski definition) is 2. The molecule has 7 heteroatoms.